The molecule has 6 nitrogen and oxygen atoms in total. The number of hydrogen-bond donors (Lipinski definition) is 1. The second-order valence-corrected chi connectivity index (χ2v) is 8.74. The van der Waals surface area contributed by atoms with Crippen molar-refractivity contribution < 1.29 is 9.90 Å². The predicted molar refractivity (Wildman–Crippen MR) is 116 cm³/mol. The summed E-state index contributed by atoms with van der Waals surface area (Å²) in [5, 5.41) is 21.7. The van der Waals surface area contributed by atoms with Crippen LogP contribution in [0.25, 0.3) is 22.2 Å². The highest BCUT2D eigenvalue weighted by Crippen LogP contribution is 2.33. The summed E-state index contributed by atoms with van der Waals surface area (Å²) in [6.45, 7) is 4.25. The summed E-state index contributed by atoms with van der Waals surface area (Å²) in [4.78, 5) is 14.8. The first kappa shape index (κ1) is 19.8. The molecule has 0 radical (unpaired) electrons. The molecule has 29 heavy (non-hydrogen) atoms. The molecular weight excluding hydrogens is 384 g/mol. The van der Waals surface area contributed by atoms with Crippen molar-refractivity contribution in [2.45, 2.75) is 50.4 Å². The Bertz CT molecular complexity index is 1040. The molecule has 2 heterocycles. The summed E-state index contributed by atoms with van der Waals surface area (Å²) in [6.07, 6.45) is 3.31. The third-order valence-corrected chi connectivity index (χ3v) is 6.75. The first-order valence-electron chi connectivity index (χ1n) is 10.0. The van der Waals surface area contributed by atoms with Gasteiger partial charge in [-0.1, -0.05) is 36.0 Å². The van der Waals surface area contributed by atoms with Crippen LogP contribution < -0.4 is 0 Å². The van der Waals surface area contributed by atoms with Gasteiger partial charge < -0.3 is 14.6 Å². The highest BCUT2D eigenvalue weighted by molar-refractivity contribution is 7.99. The number of aromatic nitrogens is 3. The molecule has 0 aliphatic carbocycles. The molecule has 1 amide bonds. The van der Waals surface area contributed by atoms with Crippen LogP contribution in [0.5, 0.6) is 5.75 Å². The first-order chi connectivity index (χ1) is 14.0. The van der Waals surface area contributed by atoms with Crippen LogP contribution >= 0.6 is 11.8 Å². The lowest BCUT2D eigenvalue weighted by Gasteiger charge is -2.39. The largest absolute Gasteiger partial charge is 0.507 e. The van der Waals surface area contributed by atoms with Gasteiger partial charge in [0.2, 0.25) is 5.91 Å². The van der Waals surface area contributed by atoms with Gasteiger partial charge in [-0.2, -0.15) is 0 Å². The molecule has 7 heteroatoms. The van der Waals surface area contributed by atoms with E-state index in [1.54, 1.807) is 6.07 Å². The van der Waals surface area contributed by atoms with E-state index in [-0.39, 0.29) is 23.7 Å². The molecule has 2 atom stereocenters. The van der Waals surface area contributed by atoms with Gasteiger partial charge in [0, 0.05) is 19.1 Å². The topological polar surface area (TPSA) is 71.2 Å². The number of phenols is 1. The quantitative estimate of drug-likeness (QED) is 0.652. The number of carbonyl (C=O) groups is 1. The number of piperidine rings is 1. The summed E-state index contributed by atoms with van der Waals surface area (Å²) >= 11 is 1.39. The Kier molecular flexibility index (Phi) is 5.50. The molecular formula is C22H26N4O2S. The first-order valence-corrected chi connectivity index (χ1v) is 11.0. The Hall–Kier alpha value is -2.54. The molecule has 0 bridgehead atoms. The third-order valence-electron chi connectivity index (χ3n) is 5.75. The number of likely N-dealkylation sites (tertiary alicyclic amines) is 1. The number of phenolic OH excluding ortho intramolecular Hbond substituents is 1. The van der Waals surface area contributed by atoms with Crippen LogP contribution in [-0.4, -0.2) is 48.5 Å². The summed E-state index contributed by atoms with van der Waals surface area (Å²) in [7, 11) is 1.86. The van der Waals surface area contributed by atoms with Gasteiger partial charge in [-0.15, -0.1) is 10.2 Å². The summed E-state index contributed by atoms with van der Waals surface area (Å²) in [6, 6.07) is 12.1. The Morgan fingerprint density at radius 3 is 2.48 bits per heavy atom. The minimum Gasteiger partial charge on any atom is -0.507 e. The number of aromatic hydroxyl groups is 1. The highest BCUT2D eigenvalue weighted by Gasteiger charge is 2.29. The maximum Gasteiger partial charge on any atom is 0.233 e. The minimum absolute atomic E-state index is 0.146. The zero-order valence-electron chi connectivity index (χ0n) is 17.0. The smallest absolute Gasteiger partial charge is 0.233 e. The van der Waals surface area contributed by atoms with Crippen molar-refractivity contribution in [3.63, 3.8) is 0 Å². The lowest BCUT2D eigenvalue weighted by molar-refractivity contribution is -0.134. The van der Waals surface area contributed by atoms with Gasteiger partial charge in [-0.05, 0) is 56.0 Å². The molecule has 0 saturated carbocycles. The van der Waals surface area contributed by atoms with E-state index in [2.05, 4.69) is 24.0 Å². The molecule has 1 aliphatic heterocycles. The van der Waals surface area contributed by atoms with Crippen molar-refractivity contribution in [3.05, 3.63) is 36.4 Å². The van der Waals surface area contributed by atoms with E-state index in [4.69, 9.17) is 0 Å². The van der Waals surface area contributed by atoms with Crippen molar-refractivity contribution in [1.29, 1.82) is 0 Å². The molecule has 1 aromatic heterocycles. The van der Waals surface area contributed by atoms with Gasteiger partial charge in [-0.3, -0.25) is 4.79 Å². The molecule has 4 rings (SSSR count). The van der Waals surface area contributed by atoms with E-state index in [1.807, 2.05) is 46.8 Å². The Morgan fingerprint density at radius 1 is 1.14 bits per heavy atom. The standard InChI is InChI=1S/C22H26N4O2S/c1-14-7-6-8-15(2)26(14)20(28)13-29-22-24-23-21(25(22)3)18-11-16-9-4-5-10-17(16)12-19(18)27/h4-5,9-12,14-15,27H,6-8,13H2,1-3H3/t14-,15-/m0/s1. The number of amides is 1. The highest BCUT2D eigenvalue weighted by atomic mass is 32.2. The van der Waals surface area contributed by atoms with E-state index in [9.17, 15) is 9.90 Å². The number of benzene rings is 2. The second kappa shape index (κ2) is 8.06. The second-order valence-electron chi connectivity index (χ2n) is 7.80. The summed E-state index contributed by atoms with van der Waals surface area (Å²) in [5.74, 6) is 1.24. The number of thioether (sulfide) groups is 1. The van der Waals surface area contributed by atoms with Crippen molar-refractivity contribution in [2.75, 3.05) is 5.75 Å². The van der Waals surface area contributed by atoms with Crippen molar-refractivity contribution in [3.8, 4) is 17.1 Å². The summed E-state index contributed by atoms with van der Waals surface area (Å²) < 4.78 is 1.84. The van der Waals surface area contributed by atoms with Crippen LogP contribution in [0.1, 0.15) is 33.1 Å². The number of fused-ring (bicyclic) bond motifs is 1. The van der Waals surface area contributed by atoms with Crippen LogP contribution in [0, 0.1) is 0 Å². The number of nitrogens with zero attached hydrogens (tertiary/aromatic N) is 4. The van der Waals surface area contributed by atoms with Gasteiger partial charge >= 0.3 is 0 Å². The van der Waals surface area contributed by atoms with Gasteiger partial charge in [0.25, 0.3) is 0 Å². The normalized spacial score (nSPS) is 19.6. The van der Waals surface area contributed by atoms with Gasteiger partial charge in [0.1, 0.15) is 5.75 Å². The van der Waals surface area contributed by atoms with E-state index >= 15 is 0 Å². The fourth-order valence-electron chi connectivity index (χ4n) is 4.20. The zero-order valence-corrected chi connectivity index (χ0v) is 17.8. The third kappa shape index (κ3) is 3.83. The molecule has 2 aromatic carbocycles. The molecule has 152 valence electrons. The average Bonchev–Trinajstić information content (AvgIpc) is 3.06. The molecule has 1 fully saturated rings. The van der Waals surface area contributed by atoms with Crippen LogP contribution in [0.4, 0.5) is 0 Å². The Labute approximate surface area is 174 Å². The van der Waals surface area contributed by atoms with E-state index in [0.717, 1.165) is 23.6 Å². The van der Waals surface area contributed by atoms with Crippen molar-refractivity contribution in [1.82, 2.24) is 19.7 Å². The number of hydrogen-bond acceptors (Lipinski definition) is 5. The molecule has 1 aliphatic rings. The van der Waals surface area contributed by atoms with E-state index in [1.165, 1.54) is 18.2 Å². The lowest BCUT2D eigenvalue weighted by atomic mass is 9.98. The Balaban J connectivity index is 1.53. The lowest BCUT2D eigenvalue weighted by Crippen LogP contribution is -2.48. The van der Waals surface area contributed by atoms with Crippen LogP contribution in [-0.2, 0) is 11.8 Å². The number of rotatable bonds is 4. The van der Waals surface area contributed by atoms with Crippen LogP contribution in [0.15, 0.2) is 41.6 Å². The fourth-order valence-corrected chi connectivity index (χ4v) is 4.98. The van der Waals surface area contributed by atoms with Crippen molar-refractivity contribution >= 4 is 28.4 Å². The van der Waals surface area contributed by atoms with E-state index in [0.29, 0.717) is 22.3 Å². The van der Waals surface area contributed by atoms with E-state index < -0.39 is 0 Å². The maximum absolute atomic E-state index is 12.8. The SMILES string of the molecule is C[C@H]1CCC[C@H](C)N1C(=O)CSc1nnc(-c2cc3ccccc3cc2O)n1C. The molecule has 3 aromatic rings. The number of carbonyl (C=O) groups excluding carboxylic acids is 1. The maximum atomic E-state index is 12.8. The van der Waals surface area contributed by atoms with Gasteiger partial charge in [0.05, 0.1) is 11.3 Å². The minimum atomic E-state index is 0.146. The van der Waals surface area contributed by atoms with Crippen LogP contribution in [0.2, 0.25) is 0 Å². The van der Waals surface area contributed by atoms with Gasteiger partial charge in [-0.25, -0.2) is 0 Å². The average molecular weight is 411 g/mol. The summed E-state index contributed by atoms with van der Waals surface area (Å²) in [5.41, 5.74) is 0.634. The molecule has 1 N–H and O–H groups in total. The Morgan fingerprint density at radius 2 is 1.79 bits per heavy atom. The fraction of sp³-hybridized carbons (Fsp3) is 0.409. The van der Waals surface area contributed by atoms with Gasteiger partial charge in [0.15, 0.2) is 11.0 Å². The molecule has 0 unspecified atom stereocenters. The van der Waals surface area contributed by atoms with Crippen LogP contribution in [0.3, 0.4) is 0 Å². The molecule has 0 spiro atoms. The predicted octanol–water partition coefficient (Wildman–Crippen LogP) is 4.22. The monoisotopic (exact) mass is 410 g/mol. The molecule has 1 saturated heterocycles. The zero-order chi connectivity index (χ0) is 20.5. The van der Waals surface area contributed by atoms with Crippen molar-refractivity contribution in [2.24, 2.45) is 7.05 Å².